The monoisotopic (exact) mass is 337 g/mol. The van der Waals surface area contributed by atoms with Gasteiger partial charge in [0, 0.05) is 29.1 Å². The van der Waals surface area contributed by atoms with Crippen LogP contribution in [0.4, 0.5) is 5.69 Å². The first-order valence-corrected chi connectivity index (χ1v) is 7.55. The van der Waals surface area contributed by atoms with Crippen molar-refractivity contribution in [1.82, 2.24) is 0 Å². The van der Waals surface area contributed by atoms with Gasteiger partial charge in [0.05, 0.1) is 23.9 Å². The summed E-state index contributed by atoms with van der Waals surface area (Å²) in [5, 5.41) is 3.74. The SMILES string of the molecule is O=C(Nc1cc2c(cc1Cl)OCCCO2)c1ccc(Cl)cc1. The second-order valence-electron chi connectivity index (χ2n) is 4.79. The number of ether oxygens (including phenoxy) is 2. The second-order valence-corrected chi connectivity index (χ2v) is 5.63. The molecule has 0 fully saturated rings. The van der Waals surface area contributed by atoms with Crippen LogP contribution in [0.25, 0.3) is 0 Å². The topological polar surface area (TPSA) is 47.6 Å². The van der Waals surface area contributed by atoms with Gasteiger partial charge in [0.1, 0.15) is 0 Å². The maximum atomic E-state index is 12.2. The Labute approximate surface area is 137 Å². The summed E-state index contributed by atoms with van der Waals surface area (Å²) in [6, 6.07) is 9.94. The summed E-state index contributed by atoms with van der Waals surface area (Å²) in [4.78, 5) is 12.2. The normalized spacial score (nSPS) is 13.4. The van der Waals surface area contributed by atoms with E-state index in [-0.39, 0.29) is 5.91 Å². The van der Waals surface area contributed by atoms with Gasteiger partial charge in [-0.1, -0.05) is 23.2 Å². The van der Waals surface area contributed by atoms with Crippen molar-refractivity contribution in [2.45, 2.75) is 6.42 Å². The number of nitrogens with one attached hydrogen (secondary N) is 1. The number of fused-ring (bicyclic) bond motifs is 1. The zero-order valence-electron chi connectivity index (χ0n) is 11.6. The van der Waals surface area contributed by atoms with Crippen molar-refractivity contribution in [2.75, 3.05) is 18.5 Å². The number of halogens is 2. The van der Waals surface area contributed by atoms with Crippen LogP contribution in [-0.2, 0) is 0 Å². The summed E-state index contributed by atoms with van der Waals surface area (Å²) < 4.78 is 11.1. The van der Waals surface area contributed by atoms with Crippen molar-refractivity contribution in [3.05, 3.63) is 52.0 Å². The Balaban J connectivity index is 1.84. The van der Waals surface area contributed by atoms with E-state index in [1.54, 1.807) is 36.4 Å². The van der Waals surface area contributed by atoms with Gasteiger partial charge in [0.15, 0.2) is 11.5 Å². The average molecular weight is 338 g/mol. The molecule has 1 N–H and O–H groups in total. The van der Waals surface area contributed by atoms with E-state index in [9.17, 15) is 4.79 Å². The van der Waals surface area contributed by atoms with Crippen molar-refractivity contribution < 1.29 is 14.3 Å². The van der Waals surface area contributed by atoms with Gasteiger partial charge in [-0.3, -0.25) is 4.79 Å². The minimum absolute atomic E-state index is 0.270. The molecule has 0 spiro atoms. The quantitative estimate of drug-likeness (QED) is 0.882. The Morgan fingerprint density at radius 3 is 2.32 bits per heavy atom. The van der Waals surface area contributed by atoms with E-state index in [0.717, 1.165) is 6.42 Å². The van der Waals surface area contributed by atoms with Crippen LogP contribution in [0.3, 0.4) is 0 Å². The smallest absolute Gasteiger partial charge is 0.255 e. The molecule has 0 atom stereocenters. The number of carbonyl (C=O) groups is 1. The molecule has 0 radical (unpaired) electrons. The molecule has 22 heavy (non-hydrogen) atoms. The predicted molar refractivity (Wildman–Crippen MR) is 86.5 cm³/mol. The second kappa shape index (κ2) is 6.46. The summed E-state index contributed by atoms with van der Waals surface area (Å²) in [5.41, 5.74) is 0.971. The van der Waals surface area contributed by atoms with Gasteiger partial charge in [0.25, 0.3) is 5.91 Å². The van der Waals surface area contributed by atoms with Crippen LogP contribution >= 0.6 is 23.2 Å². The zero-order valence-corrected chi connectivity index (χ0v) is 13.1. The van der Waals surface area contributed by atoms with Crippen LogP contribution in [0.15, 0.2) is 36.4 Å². The van der Waals surface area contributed by atoms with Gasteiger partial charge in [-0.25, -0.2) is 0 Å². The first-order valence-electron chi connectivity index (χ1n) is 6.79. The van der Waals surface area contributed by atoms with Gasteiger partial charge in [-0.15, -0.1) is 0 Å². The van der Waals surface area contributed by atoms with Crippen molar-refractivity contribution in [3.63, 3.8) is 0 Å². The maximum Gasteiger partial charge on any atom is 0.255 e. The third-order valence-electron chi connectivity index (χ3n) is 3.19. The van der Waals surface area contributed by atoms with E-state index < -0.39 is 0 Å². The third-order valence-corrected chi connectivity index (χ3v) is 3.76. The number of anilines is 1. The highest BCUT2D eigenvalue weighted by atomic mass is 35.5. The lowest BCUT2D eigenvalue weighted by atomic mass is 10.2. The minimum Gasteiger partial charge on any atom is -0.490 e. The highest BCUT2D eigenvalue weighted by Crippen LogP contribution is 2.37. The fourth-order valence-corrected chi connectivity index (χ4v) is 2.40. The molecule has 1 aliphatic heterocycles. The highest BCUT2D eigenvalue weighted by molar-refractivity contribution is 6.34. The predicted octanol–water partition coefficient (Wildman–Crippen LogP) is 4.41. The van der Waals surface area contributed by atoms with E-state index >= 15 is 0 Å². The van der Waals surface area contributed by atoms with Crippen LogP contribution in [0.2, 0.25) is 10.0 Å². The lowest BCUT2D eigenvalue weighted by Crippen LogP contribution is -2.12. The van der Waals surface area contributed by atoms with Gasteiger partial charge in [-0.05, 0) is 24.3 Å². The molecule has 0 saturated heterocycles. The lowest BCUT2D eigenvalue weighted by Gasteiger charge is -2.12. The van der Waals surface area contributed by atoms with Crippen LogP contribution in [0.1, 0.15) is 16.8 Å². The first kappa shape index (κ1) is 15.0. The fourth-order valence-electron chi connectivity index (χ4n) is 2.08. The lowest BCUT2D eigenvalue weighted by molar-refractivity contribution is 0.102. The van der Waals surface area contributed by atoms with Crippen molar-refractivity contribution in [3.8, 4) is 11.5 Å². The molecule has 1 heterocycles. The number of carbonyl (C=O) groups excluding carboxylic acids is 1. The van der Waals surface area contributed by atoms with E-state index in [1.807, 2.05) is 0 Å². The molecule has 3 rings (SSSR count). The first-order chi connectivity index (χ1) is 10.6. The van der Waals surface area contributed by atoms with E-state index in [1.165, 1.54) is 0 Å². The summed E-state index contributed by atoms with van der Waals surface area (Å²) in [6.07, 6.45) is 0.804. The maximum absolute atomic E-state index is 12.2. The number of hydrogen-bond acceptors (Lipinski definition) is 3. The molecular formula is C16H13Cl2NO3. The Hall–Kier alpha value is -1.91. The van der Waals surface area contributed by atoms with Gasteiger partial charge < -0.3 is 14.8 Å². The van der Waals surface area contributed by atoms with Crippen molar-refractivity contribution >= 4 is 34.8 Å². The molecule has 2 aromatic rings. The minimum atomic E-state index is -0.270. The number of hydrogen-bond donors (Lipinski definition) is 1. The molecule has 0 unspecified atom stereocenters. The molecule has 1 amide bonds. The molecule has 0 aliphatic carbocycles. The molecular weight excluding hydrogens is 325 g/mol. The molecule has 0 aromatic heterocycles. The molecule has 0 saturated carbocycles. The number of amides is 1. The fraction of sp³-hybridized carbons (Fsp3) is 0.188. The molecule has 1 aliphatic rings. The number of rotatable bonds is 2. The van der Waals surface area contributed by atoms with Gasteiger partial charge in [0.2, 0.25) is 0 Å². The molecule has 114 valence electrons. The summed E-state index contributed by atoms with van der Waals surface area (Å²) in [7, 11) is 0. The van der Waals surface area contributed by atoms with Gasteiger partial charge >= 0.3 is 0 Å². The molecule has 0 bridgehead atoms. The van der Waals surface area contributed by atoms with Crippen LogP contribution < -0.4 is 14.8 Å². The third kappa shape index (κ3) is 3.29. The summed E-state index contributed by atoms with van der Waals surface area (Å²) in [6.45, 7) is 1.15. The Morgan fingerprint density at radius 1 is 1.00 bits per heavy atom. The largest absolute Gasteiger partial charge is 0.490 e. The van der Waals surface area contributed by atoms with Gasteiger partial charge in [-0.2, -0.15) is 0 Å². The van der Waals surface area contributed by atoms with Crippen LogP contribution in [0, 0.1) is 0 Å². The zero-order chi connectivity index (χ0) is 15.5. The van der Waals surface area contributed by atoms with Crippen LogP contribution in [0.5, 0.6) is 11.5 Å². The Bertz CT molecular complexity index is 701. The molecule has 6 heteroatoms. The summed E-state index contributed by atoms with van der Waals surface area (Å²) >= 11 is 12.0. The number of benzene rings is 2. The van der Waals surface area contributed by atoms with E-state index in [0.29, 0.717) is 46.0 Å². The van der Waals surface area contributed by atoms with Crippen LogP contribution in [-0.4, -0.2) is 19.1 Å². The average Bonchev–Trinajstić information content (AvgIpc) is 2.73. The molecule has 2 aromatic carbocycles. The van der Waals surface area contributed by atoms with Crippen molar-refractivity contribution in [1.29, 1.82) is 0 Å². The summed E-state index contributed by atoms with van der Waals surface area (Å²) in [5.74, 6) is 0.897. The molecule has 4 nitrogen and oxygen atoms in total. The Morgan fingerprint density at radius 2 is 1.64 bits per heavy atom. The highest BCUT2D eigenvalue weighted by Gasteiger charge is 2.16. The standard InChI is InChI=1S/C16H13Cl2NO3/c17-11-4-2-10(3-5-11)16(20)19-13-9-15-14(8-12(13)18)21-6-1-7-22-15/h2-5,8-9H,1,6-7H2,(H,19,20). The van der Waals surface area contributed by atoms with Crippen molar-refractivity contribution in [2.24, 2.45) is 0 Å². The van der Waals surface area contributed by atoms with E-state index in [4.69, 9.17) is 32.7 Å². The Kier molecular flexibility index (Phi) is 4.41. The van der Waals surface area contributed by atoms with E-state index in [2.05, 4.69) is 5.32 Å².